The number of aryl methyl sites for hydroxylation is 1. The highest BCUT2D eigenvalue weighted by molar-refractivity contribution is 8.15. The van der Waals surface area contributed by atoms with Crippen molar-refractivity contribution in [1.29, 1.82) is 0 Å². The van der Waals surface area contributed by atoms with Crippen molar-refractivity contribution in [2.75, 3.05) is 24.7 Å². The summed E-state index contributed by atoms with van der Waals surface area (Å²) in [7, 11) is 0. The van der Waals surface area contributed by atoms with Crippen molar-refractivity contribution in [2.24, 2.45) is 9.98 Å². The molecule has 0 saturated carbocycles. The molecule has 0 bridgehead atoms. The molecule has 0 aromatic heterocycles. The molecule has 2 heterocycles. The summed E-state index contributed by atoms with van der Waals surface area (Å²) in [5.74, 6) is 0. The highest BCUT2D eigenvalue weighted by Gasteiger charge is 2.40. The largest absolute Gasteiger partial charge is 0.324 e. The highest BCUT2D eigenvalue weighted by Crippen LogP contribution is 2.35. The third-order valence-electron chi connectivity index (χ3n) is 5.30. The van der Waals surface area contributed by atoms with Gasteiger partial charge in [-0.1, -0.05) is 41.4 Å². The molecule has 0 unspecified atom stereocenters. The van der Waals surface area contributed by atoms with Gasteiger partial charge in [0.2, 0.25) is 0 Å². The molecule has 0 atom stereocenters. The molecule has 7 heteroatoms. The van der Waals surface area contributed by atoms with Crippen LogP contribution in [0.1, 0.15) is 24.0 Å². The van der Waals surface area contributed by atoms with Crippen LogP contribution in [-0.2, 0) is 0 Å². The first kappa shape index (κ1) is 20.0. The normalized spacial score (nSPS) is 17.8. The molecule has 2 aromatic carbocycles. The van der Waals surface area contributed by atoms with Gasteiger partial charge >= 0.3 is 6.03 Å². The van der Waals surface area contributed by atoms with Crippen molar-refractivity contribution in [2.45, 2.75) is 25.4 Å². The van der Waals surface area contributed by atoms with E-state index in [2.05, 4.69) is 5.32 Å². The lowest BCUT2D eigenvalue weighted by Crippen LogP contribution is -2.46. The minimum absolute atomic E-state index is 0.0716. The quantitative estimate of drug-likeness (QED) is 0.714. The molecule has 1 spiro atoms. The predicted molar refractivity (Wildman–Crippen MR) is 123 cm³/mol. The van der Waals surface area contributed by atoms with Crippen LogP contribution < -0.4 is 5.32 Å². The monoisotopic (exact) mass is 426 g/mol. The molecular formula is C22H23ClN4OS. The van der Waals surface area contributed by atoms with Gasteiger partial charge in [-0.3, -0.25) is 4.99 Å². The van der Waals surface area contributed by atoms with Crippen LogP contribution in [0, 0.1) is 6.92 Å². The molecule has 150 valence electrons. The number of rotatable bonds is 2. The summed E-state index contributed by atoms with van der Waals surface area (Å²) in [5.41, 5.74) is 3.47. The van der Waals surface area contributed by atoms with E-state index in [0.717, 1.165) is 34.8 Å². The lowest BCUT2D eigenvalue weighted by Gasteiger charge is -2.35. The Hall–Kier alpha value is -2.31. The van der Waals surface area contributed by atoms with Gasteiger partial charge in [-0.25, -0.2) is 9.79 Å². The highest BCUT2D eigenvalue weighted by atomic mass is 35.5. The molecule has 4 rings (SSSR count). The number of carbonyl (C=O) groups excluding carboxylic acids is 1. The summed E-state index contributed by atoms with van der Waals surface area (Å²) in [5, 5.41) is 4.63. The summed E-state index contributed by atoms with van der Waals surface area (Å²) in [4.78, 5) is 24.4. The van der Waals surface area contributed by atoms with Crippen LogP contribution >= 0.6 is 23.4 Å². The molecule has 2 aromatic rings. The van der Waals surface area contributed by atoms with Gasteiger partial charge in [0.05, 0.1) is 5.71 Å². The van der Waals surface area contributed by atoms with E-state index in [-0.39, 0.29) is 6.03 Å². The number of hydrogen-bond acceptors (Lipinski definition) is 4. The second-order valence-corrected chi connectivity index (χ2v) is 8.59. The van der Waals surface area contributed by atoms with Crippen LogP contribution in [0.15, 0.2) is 58.5 Å². The van der Waals surface area contributed by atoms with Gasteiger partial charge in [0.15, 0.2) is 5.66 Å². The number of carbonyl (C=O) groups is 1. The molecule has 1 N–H and O–H groups in total. The second kappa shape index (κ2) is 8.20. The van der Waals surface area contributed by atoms with Gasteiger partial charge in [-0.2, -0.15) is 0 Å². The van der Waals surface area contributed by atoms with Crippen molar-refractivity contribution in [3.8, 4) is 0 Å². The van der Waals surface area contributed by atoms with E-state index in [1.807, 2.05) is 66.6 Å². The molecule has 1 saturated heterocycles. The number of likely N-dealkylation sites (tertiary alicyclic amines) is 1. The molecule has 2 aliphatic rings. The van der Waals surface area contributed by atoms with E-state index in [1.54, 1.807) is 11.8 Å². The van der Waals surface area contributed by atoms with Crippen LogP contribution in [0.25, 0.3) is 0 Å². The number of halogens is 1. The zero-order valence-corrected chi connectivity index (χ0v) is 18.1. The maximum atomic E-state index is 12.6. The molecular weight excluding hydrogens is 404 g/mol. The Labute approximate surface area is 180 Å². The fraction of sp³-hybridized carbons (Fsp3) is 0.318. The van der Waals surface area contributed by atoms with E-state index in [4.69, 9.17) is 21.6 Å². The number of nitrogens with one attached hydrogen (secondary N) is 1. The smallest absolute Gasteiger partial charge is 0.321 e. The van der Waals surface area contributed by atoms with E-state index in [1.165, 1.54) is 5.56 Å². The Morgan fingerprint density at radius 2 is 1.72 bits per heavy atom. The van der Waals surface area contributed by atoms with E-state index >= 15 is 0 Å². The van der Waals surface area contributed by atoms with Gasteiger partial charge in [0, 0.05) is 42.2 Å². The zero-order chi connectivity index (χ0) is 20.4. The summed E-state index contributed by atoms with van der Waals surface area (Å²) < 4.78 is 0. The Morgan fingerprint density at radius 3 is 2.34 bits per heavy atom. The Balaban J connectivity index is 1.45. The van der Waals surface area contributed by atoms with Crippen LogP contribution in [-0.4, -0.2) is 46.7 Å². The number of amides is 2. The average molecular weight is 427 g/mol. The summed E-state index contributed by atoms with van der Waals surface area (Å²) in [6.45, 7) is 3.28. The average Bonchev–Trinajstić information content (AvgIpc) is 3.09. The lowest BCUT2D eigenvalue weighted by molar-refractivity contribution is 0.175. The minimum atomic E-state index is -0.464. The topological polar surface area (TPSA) is 57.1 Å². The Morgan fingerprint density at radius 1 is 1.07 bits per heavy atom. The standard InChI is InChI=1S/C22H23ClN4OS/c1-15-3-9-18(10-4-15)24-21(28)27-13-11-22(12-14-27)25-19(20(26-22)29-2)16-5-7-17(23)8-6-16/h3-10H,11-14H2,1-2H3,(H,24,28). The first-order valence-electron chi connectivity index (χ1n) is 9.61. The Kier molecular flexibility index (Phi) is 5.65. The number of thioether (sulfide) groups is 1. The zero-order valence-electron chi connectivity index (χ0n) is 16.5. The van der Waals surface area contributed by atoms with Crippen molar-refractivity contribution >= 4 is 45.8 Å². The number of anilines is 1. The summed E-state index contributed by atoms with van der Waals surface area (Å²) in [6.07, 6.45) is 3.46. The predicted octanol–water partition coefficient (Wildman–Crippen LogP) is 5.24. The number of aliphatic imine (C=N–C) groups is 2. The fourth-order valence-corrected chi connectivity index (χ4v) is 4.34. The van der Waals surface area contributed by atoms with E-state index < -0.39 is 5.66 Å². The van der Waals surface area contributed by atoms with Crippen molar-refractivity contribution in [3.05, 3.63) is 64.7 Å². The SMILES string of the molecule is CSC1=NC2(CCN(C(=O)Nc3ccc(C)cc3)CC2)N=C1c1ccc(Cl)cc1. The molecule has 2 aliphatic heterocycles. The fourth-order valence-electron chi connectivity index (χ4n) is 3.59. The first-order valence-corrected chi connectivity index (χ1v) is 11.2. The van der Waals surface area contributed by atoms with E-state index in [0.29, 0.717) is 18.1 Å². The minimum Gasteiger partial charge on any atom is -0.324 e. The van der Waals surface area contributed by atoms with E-state index in [9.17, 15) is 4.79 Å². The maximum Gasteiger partial charge on any atom is 0.321 e. The summed E-state index contributed by atoms with van der Waals surface area (Å²) >= 11 is 7.63. The van der Waals surface area contributed by atoms with Crippen molar-refractivity contribution in [1.82, 2.24) is 4.90 Å². The van der Waals surface area contributed by atoms with Gasteiger partial charge in [0.25, 0.3) is 0 Å². The third kappa shape index (κ3) is 4.33. The van der Waals surface area contributed by atoms with Crippen LogP contribution in [0.2, 0.25) is 5.02 Å². The molecule has 5 nitrogen and oxygen atoms in total. The molecule has 2 amide bonds. The number of piperidine rings is 1. The Bertz CT molecular complexity index is 961. The van der Waals surface area contributed by atoms with Crippen molar-refractivity contribution in [3.63, 3.8) is 0 Å². The van der Waals surface area contributed by atoms with Gasteiger partial charge < -0.3 is 10.2 Å². The number of urea groups is 1. The number of hydrogen-bond donors (Lipinski definition) is 1. The molecule has 0 aliphatic carbocycles. The third-order valence-corrected chi connectivity index (χ3v) is 6.22. The lowest BCUT2D eigenvalue weighted by atomic mass is 9.98. The van der Waals surface area contributed by atoms with Crippen LogP contribution in [0.3, 0.4) is 0 Å². The molecule has 0 radical (unpaired) electrons. The van der Waals surface area contributed by atoms with Crippen LogP contribution in [0.4, 0.5) is 10.5 Å². The number of benzene rings is 2. The molecule has 29 heavy (non-hydrogen) atoms. The summed E-state index contributed by atoms with van der Waals surface area (Å²) in [6, 6.07) is 15.5. The van der Waals surface area contributed by atoms with Crippen LogP contribution in [0.5, 0.6) is 0 Å². The first-order chi connectivity index (χ1) is 14.0. The maximum absolute atomic E-state index is 12.6. The van der Waals surface area contributed by atoms with Gasteiger partial charge in [-0.15, -0.1) is 11.8 Å². The van der Waals surface area contributed by atoms with Gasteiger partial charge in [-0.05, 0) is 37.4 Å². The second-order valence-electron chi connectivity index (χ2n) is 7.35. The van der Waals surface area contributed by atoms with Crippen molar-refractivity contribution < 1.29 is 4.79 Å². The van der Waals surface area contributed by atoms with Gasteiger partial charge in [0.1, 0.15) is 5.04 Å². The number of nitrogens with zero attached hydrogens (tertiary/aromatic N) is 3. The molecule has 1 fully saturated rings.